The van der Waals surface area contributed by atoms with Gasteiger partial charge in [0.05, 0.1) is 5.69 Å². The SMILES string of the molecule is Cc1cc(NC(=O)CCn2cccn2)nn1-c1cccc(F)c1. The Kier molecular flexibility index (Phi) is 4.18. The molecule has 0 aliphatic rings. The Morgan fingerprint density at radius 3 is 2.91 bits per heavy atom. The molecule has 0 atom stereocenters. The van der Waals surface area contributed by atoms with Gasteiger partial charge in [-0.2, -0.15) is 5.10 Å². The van der Waals surface area contributed by atoms with Gasteiger partial charge in [0.15, 0.2) is 5.82 Å². The second-order valence-electron chi connectivity index (χ2n) is 5.13. The molecule has 0 bridgehead atoms. The molecule has 2 heterocycles. The predicted octanol–water partition coefficient (Wildman–Crippen LogP) is 2.55. The monoisotopic (exact) mass is 313 g/mol. The van der Waals surface area contributed by atoms with Gasteiger partial charge in [-0.15, -0.1) is 5.10 Å². The molecule has 0 fully saturated rings. The zero-order valence-electron chi connectivity index (χ0n) is 12.6. The molecule has 0 unspecified atom stereocenters. The highest BCUT2D eigenvalue weighted by molar-refractivity contribution is 5.89. The third-order valence-corrected chi connectivity index (χ3v) is 3.33. The number of anilines is 1. The molecule has 7 heteroatoms. The highest BCUT2D eigenvalue weighted by atomic mass is 19.1. The van der Waals surface area contributed by atoms with E-state index >= 15 is 0 Å². The van der Waals surface area contributed by atoms with Gasteiger partial charge in [-0.25, -0.2) is 9.07 Å². The fourth-order valence-electron chi connectivity index (χ4n) is 2.26. The summed E-state index contributed by atoms with van der Waals surface area (Å²) in [6.07, 6.45) is 3.77. The smallest absolute Gasteiger partial charge is 0.227 e. The second-order valence-corrected chi connectivity index (χ2v) is 5.13. The van der Waals surface area contributed by atoms with Crippen molar-refractivity contribution in [3.8, 4) is 5.69 Å². The molecule has 0 aliphatic heterocycles. The number of carbonyl (C=O) groups is 1. The highest BCUT2D eigenvalue weighted by Crippen LogP contribution is 2.16. The number of hydrogen-bond donors (Lipinski definition) is 1. The maximum Gasteiger partial charge on any atom is 0.227 e. The van der Waals surface area contributed by atoms with Crippen LogP contribution >= 0.6 is 0 Å². The van der Waals surface area contributed by atoms with Crippen LogP contribution in [0.25, 0.3) is 5.69 Å². The topological polar surface area (TPSA) is 64.7 Å². The van der Waals surface area contributed by atoms with E-state index in [-0.39, 0.29) is 11.7 Å². The molecule has 0 spiro atoms. The summed E-state index contributed by atoms with van der Waals surface area (Å²) in [6.45, 7) is 2.35. The van der Waals surface area contributed by atoms with Gasteiger partial charge in [0.25, 0.3) is 0 Å². The number of aromatic nitrogens is 4. The van der Waals surface area contributed by atoms with Crippen molar-refractivity contribution in [1.29, 1.82) is 0 Å². The molecule has 0 saturated carbocycles. The number of aryl methyl sites for hydroxylation is 2. The highest BCUT2D eigenvalue weighted by Gasteiger charge is 2.10. The van der Waals surface area contributed by atoms with Gasteiger partial charge in [-0.05, 0) is 31.2 Å². The van der Waals surface area contributed by atoms with Crippen molar-refractivity contribution < 1.29 is 9.18 Å². The minimum Gasteiger partial charge on any atom is -0.309 e. The van der Waals surface area contributed by atoms with Crippen molar-refractivity contribution in [3.05, 3.63) is 60.3 Å². The molecule has 0 saturated heterocycles. The maximum absolute atomic E-state index is 13.3. The number of amides is 1. The Balaban J connectivity index is 1.67. The molecule has 0 aliphatic carbocycles. The van der Waals surface area contributed by atoms with Crippen LogP contribution in [-0.2, 0) is 11.3 Å². The molecule has 3 aromatic rings. The Morgan fingerprint density at radius 2 is 2.17 bits per heavy atom. The van der Waals surface area contributed by atoms with Crippen LogP contribution in [0, 0.1) is 12.7 Å². The van der Waals surface area contributed by atoms with E-state index in [4.69, 9.17) is 0 Å². The first-order valence-corrected chi connectivity index (χ1v) is 7.22. The van der Waals surface area contributed by atoms with Crippen LogP contribution in [0.4, 0.5) is 10.2 Å². The van der Waals surface area contributed by atoms with Gasteiger partial charge >= 0.3 is 0 Å². The van der Waals surface area contributed by atoms with Crippen molar-refractivity contribution in [2.45, 2.75) is 19.9 Å². The molecule has 118 valence electrons. The Bertz CT molecular complexity index is 810. The Labute approximate surface area is 132 Å². The van der Waals surface area contributed by atoms with Crippen LogP contribution in [-0.4, -0.2) is 25.5 Å². The molecular formula is C16H16FN5O. The van der Waals surface area contributed by atoms with Gasteiger partial charge < -0.3 is 5.32 Å². The lowest BCUT2D eigenvalue weighted by molar-refractivity contribution is -0.116. The number of nitrogens with zero attached hydrogens (tertiary/aromatic N) is 4. The van der Waals surface area contributed by atoms with E-state index in [1.807, 2.05) is 13.0 Å². The van der Waals surface area contributed by atoms with Gasteiger partial charge in [-0.3, -0.25) is 9.48 Å². The maximum atomic E-state index is 13.3. The summed E-state index contributed by atoms with van der Waals surface area (Å²) in [5.41, 5.74) is 1.41. The quantitative estimate of drug-likeness (QED) is 0.787. The lowest BCUT2D eigenvalue weighted by Gasteiger charge is -2.04. The summed E-state index contributed by atoms with van der Waals surface area (Å²) in [5.74, 6) is -0.0381. The number of rotatable bonds is 5. The van der Waals surface area contributed by atoms with E-state index in [1.165, 1.54) is 12.1 Å². The minimum absolute atomic E-state index is 0.149. The molecule has 1 aromatic carbocycles. The van der Waals surface area contributed by atoms with E-state index in [0.717, 1.165) is 5.69 Å². The van der Waals surface area contributed by atoms with Crippen LogP contribution in [0.15, 0.2) is 48.8 Å². The molecule has 2 aromatic heterocycles. The van der Waals surface area contributed by atoms with Crippen molar-refractivity contribution in [3.63, 3.8) is 0 Å². The van der Waals surface area contributed by atoms with Crippen molar-refractivity contribution in [2.75, 3.05) is 5.32 Å². The van der Waals surface area contributed by atoms with Gasteiger partial charge in [0, 0.05) is 37.1 Å². The number of nitrogens with one attached hydrogen (secondary N) is 1. The van der Waals surface area contributed by atoms with Crippen LogP contribution in [0.1, 0.15) is 12.1 Å². The van der Waals surface area contributed by atoms with Gasteiger partial charge in [0.2, 0.25) is 5.91 Å². The fraction of sp³-hybridized carbons (Fsp3) is 0.188. The van der Waals surface area contributed by atoms with Gasteiger partial charge in [-0.1, -0.05) is 6.07 Å². The molecule has 23 heavy (non-hydrogen) atoms. The number of halogens is 1. The zero-order valence-corrected chi connectivity index (χ0v) is 12.6. The lowest BCUT2D eigenvalue weighted by Crippen LogP contribution is -2.15. The standard InChI is InChI=1S/C16H16FN5O/c1-12-10-15(19-16(23)6-9-21-8-3-7-18-21)20-22(12)14-5-2-4-13(17)11-14/h2-5,7-8,10-11H,6,9H2,1H3,(H,19,20,23). The minimum atomic E-state index is -0.331. The zero-order chi connectivity index (χ0) is 16.2. The van der Waals surface area contributed by atoms with E-state index < -0.39 is 0 Å². The summed E-state index contributed by atoms with van der Waals surface area (Å²) >= 11 is 0. The van der Waals surface area contributed by atoms with Crippen molar-refractivity contribution in [2.24, 2.45) is 0 Å². The summed E-state index contributed by atoms with van der Waals surface area (Å²) in [6, 6.07) is 9.70. The predicted molar refractivity (Wildman–Crippen MR) is 83.7 cm³/mol. The number of benzene rings is 1. The molecule has 6 nitrogen and oxygen atoms in total. The summed E-state index contributed by atoms with van der Waals surface area (Å²) in [7, 11) is 0. The van der Waals surface area contributed by atoms with Crippen LogP contribution in [0.3, 0.4) is 0 Å². The molecule has 0 radical (unpaired) electrons. The summed E-state index contributed by atoms with van der Waals surface area (Å²) in [4.78, 5) is 12.0. The first kappa shape index (κ1) is 15.0. The Hall–Kier alpha value is -2.96. The van der Waals surface area contributed by atoms with E-state index in [9.17, 15) is 9.18 Å². The molecular weight excluding hydrogens is 297 g/mol. The Morgan fingerprint density at radius 1 is 1.30 bits per heavy atom. The summed E-state index contributed by atoms with van der Waals surface area (Å²) < 4.78 is 16.6. The fourth-order valence-corrected chi connectivity index (χ4v) is 2.26. The van der Waals surface area contributed by atoms with Crippen molar-refractivity contribution >= 4 is 11.7 Å². The van der Waals surface area contributed by atoms with Gasteiger partial charge in [0.1, 0.15) is 5.82 Å². The van der Waals surface area contributed by atoms with E-state index in [2.05, 4.69) is 15.5 Å². The van der Waals surface area contributed by atoms with Crippen LogP contribution in [0.2, 0.25) is 0 Å². The molecule has 1 N–H and O–H groups in total. The normalized spacial score (nSPS) is 10.7. The lowest BCUT2D eigenvalue weighted by atomic mass is 10.3. The largest absolute Gasteiger partial charge is 0.309 e. The number of carbonyl (C=O) groups excluding carboxylic acids is 1. The first-order valence-electron chi connectivity index (χ1n) is 7.22. The average molecular weight is 313 g/mol. The third kappa shape index (κ3) is 3.63. The molecule has 1 amide bonds. The number of hydrogen-bond acceptors (Lipinski definition) is 3. The van der Waals surface area contributed by atoms with Crippen molar-refractivity contribution in [1.82, 2.24) is 19.6 Å². The van der Waals surface area contributed by atoms with E-state index in [1.54, 1.807) is 40.0 Å². The van der Waals surface area contributed by atoms with Crippen LogP contribution < -0.4 is 5.32 Å². The third-order valence-electron chi connectivity index (χ3n) is 3.33. The first-order chi connectivity index (χ1) is 11.1. The average Bonchev–Trinajstić information content (AvgIpc) is 3.15. The second kappa shape index (κ2) is 6.43. The summed E-state index contributed by atoms with van der Waals surface area (Å²) in [5, 5.41) is 11.1. The van der Waals surface area contributed by atoms with Crippen LogP contribution in [0.5, 0.6) is 0 Å². The van der Waals surface area contributed by atoms with E-state index in [0.29, 0.717) is 24.5 Å². The molecule has 3 rings (SSSR count).